The average Bonchev–Trinajstić information content (AvgIpc) is 0.864. The van der Waals surface area contributed by atoms with E-state index in [9.17, 15) is 73.8 Å². The number of likely N-dealkylation sites (N-methyl/N-ethyl adjacent to an activating group) is 2. The van der Waals surface area contributed by atoms with Crippen molar-refractivity contribution in [2.24, 2.45) is 0 Å². The molecule has 5 amide bonds. The molecule has 0 aromatic rings. The van der Waals surface area contributed by atoms with Gasteiger partial charge in [0.2, 0.25) is 11.8 Å². The Bertz CT molecular complexity index is 2470. The lowest BCUT2D eigenvalue weighted by Gasteiger charge is -2.33. The second-order valence-corrected chi connectivity index (χ2v) is 25.5. The van der Waals surface area contributed by atoms with Gasteiger partial charge in [-0.3, -0.25) is 9.59 Å². The van der Waals surface area contributed by atoms with Crippen molar-refractivity contribution in [3.63, 3.8) is 0 Å². The molecule has 8 atom stereocenters. The molecule has 0 fully saturated rings. The summed E-state index contributed by atoms with van der Waals surface area (Å²) in [6.45, 7) is 24.8. The monoisotopic (exact) mass is 1460 g/mol. The van der Waals surface area contributed by atoms with Crippen LogP contribution in [-0.4, -0.2) is 236 Å². The van der Waals surface area contributed by atoms with Crippen molar-refractivity contribution in [2.45, 2.75) is 257 Å². The van der Waals surface area contributed by atoms with E-state index in [4.69, 9.17) is 37.9 Å². The van der Waals surface area contributed by atoms with Crippen molar-refractivity contribution in [1.82, 2.24) is 31.1 Å². The fraction of sp³-hybridized carbons (Fsp3) is 0.740. The Morgan fingerprint density at radius 3 is 0.882 bits per heavy atom. The maximum atomic E-state index is 12.8. The quantitative estimate of drug-likeness (QED) is 0.00916. The smallest absolute Gasteiger partial charge is 0.407 e. The number of aliphatic hydroxyl groups is 6. The summed E-state index contributed by atoms with van der Waals surface area (Å²) >= 11 is 0. The first-order chi connectivity index (χ1) is 48.4. The number of carbonyl (C=O) groups is 9. The van der Waals surface area contributed by atoms with E-state index in [0.717, 1.165) is 44.9 Å². The number of esters is 4. The van der Waals surface area contributed by atoms with Crippen LogP contribution >= 0.6 is 0 Å². The van der Waals surface area contributed by atoms with Crippen LogP contribution in [0.4, 0.5) is 14.4 Å². The van der Waals surface area contributed by atoms with Crippen LogP contribution < -0.4 is 21.3 Å². The van der Waals surface area contributed by atoms with Crippen molar-refractivity contribution in [3.05, 3.63) is 61.1 Å². The van der Waals surface area contributed by atoms with E-state index < -0.39 is 104 Å². The number of alkyl carbamates (subject to hydrolysis) is 3. The first-order valence-corrected chi connectivity index (χ1v) is 36.1. The lowest BCUT2D eigenvalue weighted by Crippen LogP contribution is -2.53. The Morgan fingerprint density at radius 1 is 0.343 bits per heavy atom. The Morgan fingerprint density at radius 2 is 0.598 bits per heavy atom. The van der Waals surface area contributed by atoms with Crippen molar-refractivity contribution in [1.29, 1.82) is 0 Å². The zero-order chi connectivity index (χ0) is 77.2. The molecule has 0 saturated heterocycles. The molecule has 0 bridgehead atoms. The van der Waals surface area contributed by atoms with Crippen molar-refractivity contribution in [3.8, 4) is 0 Å². The highest BCUT2D eigenvalue weighted by Gasteiger charge is 2.38. The molecule has 29 nitrogen and oxygen atoms in total. The van der Waals surface area contributed by atoms with Gasteiger partial charge in [0.1, 0.15) is 76.3 Å². The average molecular weight is 1460 g/mol. The van der Waals surface area contributed by atoms with Crippen molar-refractivity contribution in [2.75, 3.05) is 93.0 Å². The molecule has 0 aliphatic heterocycles. The highest BCUT2D eigenvalue weighted by Crippen LogP contribution is 2.19. The summed E-state index contributed by atoms with van der Waals surface area (Å²) in [5.74, 6) is -3.11. The van der Waals surface area contributed by atoms with Gasteiger partial charge in [-0.05, 0) is 47.1 Å². The second kappa shape index (κ2) is 61.2. The highest BCUT2D eigenvalue weighted by atomic mass is 16.6. The zero-order valence-electron chi connectivity index (χ0n) is 62.5. The van der Waals surface area contributed by atoms with Crippen LogP contribution in [0.3, 0.4) is 0 Å². The largest absolute Gasteiger partial charge is 0.471 e. The van der Waals surface area contributed by atoms with E-state index in [1.165, 1.54) is 148 Å². The number of nitrogens with zero attached hydrogens (tertiary/aromatic N) is 2. The minimum absolute atomic E-state index is 0.0604. The molecule has 0 unspecified atom stereocenters. The molecule has 0 aromatic heterocycles. The molecule has 0 spiro atoms. The summed E-state index contributed by atoms with van der Waals surface area (Å²) in [6, 6.07) is 0. The third kappa shape index (κ3) is 51.8. The van der Waals surface area contributed by atoms with Gasteiger partial charge >= 0.3 is 42.2 Å². The number of rotatable bonds is 60. The Balaban J connectivity index is 0. The number of hydrogen-bond donors (Lipinski definition) is 10. The van der Waals surface area contributed by atoms with Crippen LogP contribution in [0.25, 0.3) is 0 Å². The molecule has 588 valence electrons. The van der Waals surface area contributed by atoms with E-state index in [-0.39, 0.29) is 112 Å². The number of ether oxygens (including phenoxy) is 8. The van der Waals surface area contributed by atoms with Gasteiger partial charge in [0.25, 0.3) is 0 Å². The maximum Gasteiger partial charge on any atom is 0.407 e. The molecule has 0 radical (unpaired) electrons. The first kappa shape index (κ1) is 96.7. The fourth-order valence-electron chi connectivity index (χ4n) is 9.49. The minimum Gasteiger partial charge on any atom is -0.471 e. The normalized spacial score (nSPS) is 13.2. The van der Waals surface area contributed by atoms with Gasteiger partial charge in [-0.2, -0.15) is 0 Å². The van der Waals surface area contributed by atoms with Gasteiger partial charge in [-0.25, -0.2) is 33.6 Å². The molecule has 0 aliphatic carbocycles. The predicted molar refractivity (Wildman–Crippen MR) is 385 cm³/mol. The lowest BCUT2D eigenvalue weighted by molar-refractivity contribution is -0.142. The molecule has 10 N–H and O–H groups in total. The van der Waals surface area contributed by atoms with E-state index in [2.05, 4.69) is 68.0 Å². The number of carbonyl (C=O) groups excluding carboxylic acids is 9. The fourth-order valence-corrected chi connectivity index (χ4v) is 9.49. The summed E-state index contributed by atoms with van der Waals surface area (Å²) in [5, 5.41) is 74.6. The standard InChI is InChI=1S/C44H79N3O11.C29H49N3O12/c1-8-9-10-11-12-13-14-15-16-17-18-19-20-21-22-23-24-25-26-27-39(50)47(7)32-37(48)40(51)41(58-36(6)45-28-30-55-42(52)34(2)3)38(49)33-57-44(54)46-29-31-56-43(53)35(4)5;1-7-8-9-10-11-12-23(35)32(6)17-21(33)24(36)25(44-29(40)31-14-16-42-27(38)20(4)5)22(34)18-43-28(39)30-13-15-41-26(37)19(2)3/h37-38,40-41,45,48-49,51H,2,4,6,8-33H2,1,3,5,7H3,(H,46,54);21-22,24-25,33-34,36H,2,4,7-18H2,1,3,5-6H3,(H,30,39)(H,31,40)/t37-,38+,40+,41+;21-,22+,24+,25+/m00/s1. The second-order valence-electron chi connectivity index (χ2n) is 25.5. The van der Waals surface area contributed by atoms with Crippen LogP contribution in [0.5, 0.6) is 0 Å². The third-order valence-corrected chi connectivity index (χ3v) is 15.6. The van der Waals surface area contributed by atoms with Crippen LogP contribution in [0, 0.1) is 0 Å². The van der Waals surface area contributed by atoms with Crippen LogP contribution in [0.15, 0.2) is 61.1 Å². The van der Waals surface area contributed by atoms with Gasteiger partial charge in [0.05, 0.1) is 26.2 Å². The molecule has 102 heavy (non-hydrogen) atoms. The van der Waals surface area contributed by atoms with E-state index in [1.807, 2.05) is 0 Å². The molecular weight excluding hydrogens is 1330 g/mol. The van der Waals surface area contributed by atoms with Gasteiger partial charge < -0.3 is 99.6 Å². The number of amides is 5. The number of hydrogen-bond acceptors (Lipinski definition) is 24. The molecule has 29 heteroatoms. The van der Waals surface area contributed by atoms with Crippen molar-refractivity contribution >= 4 is 54.0 Å². The third-order valence-electron chi connectivity index (χ3n) is 15.6. The SMILES string of the molecule is C=C(C)C(=O)OCCNC(=O)OC[C@@H](O)[C@@H](OC(=O)NCCOC(=O)C(=C)C)[C@H](O)[C@@H](O)CN(C)C(=O)CCCCCCC.C=C(NCCOC(=O)C(=C)C)O[C@@H]([C@H](O)[C@@H](O)CN(C)C(=O)CCCCCCCCCCCCCCCCCCCCC)[C@H](O)COC(=O)NCCOC(=O)C(=C)C. The Kier molecular flexibility index (Phi) is 58.0. The van der Waals surface area contributed by atoms with Gasteiger partial charge in [-0.1, -0.05) is 181 Å². The molecule has 0 rings (SSSR count). The van der Waals surface area contributed by atoms with Crippen LogP contribution in [0.2, 0.25) is 0 Å². The zero-order valence-corrected chi connectivity index (χ0v) is 62.5. The van der Waals surface area contributed by atoms with Crippen molar-refractivity contribution < 1.29 is 112 Å². The summed E-state index contributed by atoms with van der Waals surface area (Å²) in [6.07, 6.45) is 12.4. The number of nitrogens with one attached hydrogen (secondary N) is 4. The maximum absolute atomic E-state index is 12.8. The van der Waals surface area contributed by atoms with E-state index in [0.29, 0.717) is 19.3 Å². The summed E-state index contributed by atoms with van der Waals surface area (Å²) in [4.78, 5) is 110. The summed E-state index contributed by atoms with van der Waals surface area (Å²) in [5.41, 5.74) is 0.760. The first-order valence-electron chi connectivity index (χ1n) is 36.1. The highest BCUT2D eigenvalue weighted by molar-refractivity contribution is 5.88. The topological polar surface area (TPSA) is 403 Å². The molecule has 0 saturated carbocycles. The summed E-state index contributed by atoms with van der Waals surface area (Å²) < 4.78 is 40.3. The minimum atomic E-state index is -1.91. The molecule has 0 heterocycles. The summed E-state index contributed by atoms with van der Waals surface area (Å²) in [7, 11) is 2.96. The number of aliphatic hydroxyl groups excluding tert-OH is 6. The molecule has 0 aliphatic rings. The molecule has 0 aromatic carbocycles. The van der Waals surface area contributed by atoms with Crippen LogP contribution in [0.1, 0.15) is 208 Å². The van der Waals surface area contributed by atoms with E-state index >= 15 is 0 Å². The molecular formula is C73H128N6O23. The van der Waals surface area contributed by atoms with Gasteiger partial charge in [0.15, 0.2) is 18.1 Å². The lowest BCUT2D eigenvalue weighted by atomic mass is 10.0. The van der Waals surface area contributed by atoms with Gasteiger partial charge in [-0.15, -0.1) is 0 Å². The van der Waals surface area contributed by atoms with E-state index in [1.54, 1.807) is 0 Å². The van der Waals surface area contributed by atoms with Gasteiger partial charge in [0, 0.05) is 62.3 Å². The Hall–Kier alpha value is -7.31. The van der Waals surface area contributed by atoms with Crippen LogP contribution in [-0.2, 0) is 66.7 Å². The predicted octanol–water partition coefficient (Wildman–Crippen LogP) is 7.71. The number of unbranched alkanes of at least 4 members (excludes halogenated alkanes) is 22. The Labute approximate surface area is 605 Å².